The zero-order chi connectivity index (χ0) is 14.9. The fourth-order valence-corrected chi connectivity index (χ4v) is 2.71. The number of ether oxygens (including phenoxy) is 1. The van der Waals surface area contributed by atoms with Gasteiger partial charge in [0.25, 0.3) is 5.91 Å². The van der Waals surface area contributed by atoms with Gasteiger partial charge in [-0.1, -0.05) is 13.8 Å². The lowest BCUT2D eigenvalue weighted by molar-refractivity contribution is -0.146. The Kier molecular flexibility index (Phi) is 3.99. The third-order valence-electron chi connectivity index (χ3n) is 3.61. The van der Waals surface area contributed by atoms with Crippen molar-refractivity contribution < 1.29 is 19.4 Å². The number of pyridine rings is 1. The molecule has 0 spiro atoms. The minimum Gasteiger partial charge on any atom is -0.480 e. The molecule has 0 saturated carbocycles. The first kappa shape index (κ1) is 14.8. The topological polar surface area (TPSA) is 79.7 Å². The first-order chi connectivity index (χ1) is 9.46. The molecular formula is C13H15BrN2O4. The van der Waals surface area contributed by atoms with E-state index in [-0.39, 0.29) is 25.3 Å². The predicted molar refractivity (Wildman–Crippen MR) is 75.9 cm³/mol. The minimum absolute atomic E-state index is 0.175. The highest BCUT2D eigenvalue weighted by molar-refractivity contribution is 9.10. The number of hydrogen-bond donors (Lipinski definition) is 1. The van der Waals surface area contributed by atoms with Crippen LogP contribution < -0.4 is 9.64 Å². The quantitative estimate of drug-likeness (QED) is 0.848. The summed E-state index contributed by atoms with van der Waals surface area (Å²) in [5.41, 5.74) is -1.30. The molecule has 0 atom stereocenters. The monoisotopic (exact) mass is 342 g/mol. The predicted octanol–water partition coefficient (Wildman–Crippen LogP) is 2.21. The van der Waals surface area contributed by atoms with Crippen LogP contribution in [-0.4, -0.2) is 34.1 Å². The highest BCUT2D eigenvalue weighted by atomic mass is 79.9. The molecule has 0 radical (unpaired) electrons. The number of amides is 1. The smallest absolute Gasteiger partial charge is 0.330 e. The summed E-state index contributed by atoms with van der Waals surface area (Å²) in [6, 6.07) is 3.36. The maximum atomic E-state index is 12.2. The molecule has 1 aromatic heterocycles. The van der Waals surface area contributed by atoms with Gasteiger partial charge in [-0.3, -0.25) is 9.69 Å². The molecule has 7 heteroatoms. The lowest BCUT2D eigenvalue weighted by Crippen LogP contribution is -2.59. The van der Waals surface area contributed by atoms with Crippen LogP contribution in [0.3, 0.4) is 0 Å². The van der Waals surface area contributed by atoms with E-state index in [2.05, 4.69) is 20.9 Å². The van der Waals surface area contributed by atoms with Gasteiger partial charge in [-0.2, -0.15) is 0 Å². The molecule has 20 heavy (non-hydrogen) atoms. The molecule has 0 aromatic carbocycles. The third-order valence-corrected chi connectivity index (χ3v) is 4.06. The number of hydrogen-bond acceptors (Lipinski definition) is 4. The van der Waals surface area contributed by atoms with E-state index in [0.717, 1.165) is 0 Å². The van der Waals surface area contributed by atoms with Crippen LogP contribution in [-0.2, 0) is 9.59 Å². The molecule has 1 aromatic rings. The number of aliphatic carboxylic acids is 1. The van der Waals surface area contributed by atoms with E-state index in [1.807, 2.05) is 0 Å². The molecule has 1 aliphatic heterocycles. The first-order valence-electron chi connectivity index (χ1n) is 6.32. The van der Waals surface area contributed by atoms with Crippen LogP contribution >= 0.6 is 15.9 Å². The molecule has 2 heterocycles. The van der Waals surface area contributed by atoms with E-state index < -0.39 is 17.4 Å². The summed E-state index contributed by atoms with van der Waals surface area (Å²) < 4.78 is 5.84. The maximum absolute atomic E-state index is 12.2. The molecule has 6 nitrogen and oxygen atoms in total. The van der Waals surface area contributed by atoms with Gasteiger partial charge in [0.05, 0.1) is 0 Å². The van der Waals surface area contributed by atoms with E-state index in [1.54, 1.807) is 26.0 Å². The van der Waals surface area contributed by atoms with Crippen molar-refractivity contribution in [2.75, 3.05) is 11.5 Å². The van der Waals surface area contributed by atoms with Crippen molar-refractivity contribution in [2.24, 2.45) is 0 Å². The molecule has 0 aliphatic carbocycles. The Morgan fingerprint density at radius 2 is 2.15 bits per heavy atom. The van der Waals surface area contributed by atoms with Crippen molar-refractivity contribution in [3.63, 3.8) is 0 Å². The van der Waals surface area contributed by atoms with Gasteiger partial charge in [0.1, 0.15) is 10.1 Å². The van der Waals surface area contributed by atoms with Crippen LogP contribution in [0.1, 0.15) is 26.7 Å². The van der Waals surface area contributed by atoms with Crippen molar-refractivity contribution >= 4 is 33.6 Å². The van der Waals surface area contributed by atoms with E-state index in [1.165, 1.54) is 4.90 Å². The number of anilines is 1. The molecule has 2 rings (SSSR count). The van der Waals surface area contributed by atoms with Crippen LogP contribution in [0.4, 0.5) is 5.82 Å². The van der Waals surface area contributed by atoms with E-state index in [0.29, 0.717) is 10.4 Å². The normalized spacial score (nSPS) is 14.8. The van der Waals surface area contributed by atoms with Crippen LogP contribution in [0.15, 0.2) is 16.7 Å². The van der Waals surface area contributed by atoms with Crippen LogP contribution in [0.25, 0.3) is 0 Å². The third kappa shape index (κ3) is 2.15. The number of fused-ring (bicyclic) bond motifs is 1. The fourth-order valence-electron chi connectivity index (χ4n) is 2.41. The number of carbonyl (C=O) groups excluding carboxylic acids is 1. The van der Waals surface area contributed by atoms with E-state index in [9.17, 15) is 14.7 Å². The lowest BCUT2D eigenvalue weighted by Gasteiger charge is -2.41. The molecule has 1 N–H and O–H groups in total. The summed E-state index contributed by atoms with van der Waals surface area (Å²) in [5.74, 6) is -0.762. The van der Waals surface area contributed by atoms with Gasteiger partial charge < -0.3 is 9.84 Å². The Labute approximate surface area is 124 Å². The Morgan fingerprint density at radius 1 is 1.50 bits per heavy atom. The zero-order valence-corrected chi connectivity index (χ0v) is 12.8. The Balaban J connectivity index is 2.63. The standard InChI is InChI=1S/C13H15BrN2O4/c1-3-13(4-2,12(18)19)16-10(17)7-20-8-5-6-9(14)15-11(8)16/h5-6H,3-4,7H2,1-2H3,(H,18,19). The van der Waals surface area contributed by atoms with Crippen LogP contribution in [0.2, 0.25) is 0 Å². The summed E-state index contributed by atoms with van der Waals surface area (Å²) in [6.07, 6.45) is 0.580. The number of nitrogens with zero attached hydrogens (tertiary/aromatic N) is 2. The Hall–Kier alpha value is -1.63. The molecule has 0 saturated heterocycles. The van der Waals surface area contributed by atoms with Crippen molar-refractivity contribution in [3.8, 4) is 5.75 Å². The number of carbonyl (C=O) groups is 2. The van der Waals surface area contributed by atoms with E-state index >= 15 is 0 Å². The van der Waals surface area contributed by atoms with Crippen molar-refractivity contribution in [2.45, 2.75) is 32.2 Å². The van der Waals surface area contributed by atoms with Gasteiger partial charge in [0.2, 0.25) is 0 Å². The molecule has 1 aliphatic rings. The number of aromatic nitrogens is 1. The first-order valence-corrected chi connectivity index (χ1v) is 7.11. The van der Waals surface area contributed by atoms with Crippen LogP contribution in [0, 0.1) is 0 Å². The van der Waals surface area contributed by atoms with Gasteiger partial charge >= 0.3 is 5.97 Å². The van der Waals surface area contributed by atoms with E-state index in [4.69, 9.17) is 4.74 Å². The Bertz CT molecular complexity index is 557. The van der Waals surface area contributed by atoms with Gasteiger partial charge in [-0.05, 0) is 40.9 Å². The second kappa shape index (κ2) is 5.40. The number of carboxylic acids is 1. The molecule has 0 bridgehead atoms. The highest BCUT2D eigenvalue weighted by Gasteiger charge is 2.48. The largest absolute Gasteiger partial charge is 0.480 e. The summed E-state index contributed by atoms with van der Waals surface area (Å²) in [7, 11) is 0. The lowest BCUT2D eigenvalue weighted by atomic mass is 9.90. The van der Waals surface area contributed by atoms with Gasteiger partial charge in [-0.15, -0.1) is 0 Å². The average Bonchev–Trinajstić information content (AvgIpc) is 2.42. The second-order valence-corrected chi connectivity index (χ2v) is 5.33. The summed E-state index contributed by atoms with van der Waals surface area (Å²) in [6.45, 7) is 3.32. The zero-order valence-electron chi connectivity index (χ0n) is 11.2. The molecule has 108 valence electrons. The number of carboxylic acid groups (broad SMARTS) is 1. The average molecular weight is 343 g/mol. The van der Waals surface area contributed by atoms with Gasteiger partial charge in [0, 0.05) is 0 Å². The molecular weight excluding hydrogens is 328 g/mol. The summed E-state index contributed by atoms with van der Waals surface area (Å²) >= 11 is 3.23. The highest BCUT2D eigenvalue weighted by Crippen LogP contribution is 2.38. The van der Waals surface area contributed by atoms with Gasteiger partial charge in [-0.25, -0.2) is 9.78 Å². The van der Waals surface area contributed by atoms with Crippen LogP contribution in [0.5, 0.6) is 5.75 Å². The van der Waals surface area contributed by atoms with Gasteiger partial charge in [0.15, 0.2) is 18.2 Å². The SMILES string of the molecule is CCC(CC)(C(=O)O)N1C(=O)COc2ccc(Br)nc21. The minimum atomic E-state index is -1.30. The van der Waals surface area contributed by atoms with Crippen molar-refractivity contribution in [3.05, 3.63) is 16.7 Å². The fraction of sp³-hybridized carbons (Fsp3) is 0.462. The Morgan fingerprint density at radius 3 is 2.70 bits per heavy atom. The van der Waals surface area contributed by atoms with Crippen molar-refractivity contribution in [1.29, 1.82) is 0 Å². The number of rotatable bonds is 4. The number of halogens is 1. The van der Waals surface area contributed by atoms with Crippen molar-refractivity contribution in [1.82, 2.24) is 4.98 Å². The summed E-state index contributed by atoms with van der Waals surface area (Å²) in [4.78, 5) is 29.5. The molecule has 0 fully saturated rings. The second-order valence-electron chi connectivity index (χ2n) is 4.52. The summed E-state index contributed by atoms with van der Waals surface area (Å²) in [5, 5.41) is 9.61. The molecule has 0 unspecified atom stereocenters. The molecule has 1 amide bonds. The maximum Gasteiger partial charge on any atom is 0.330 e.